The first kappa shape index (κ1) is 19.8. The van der Waals surface area contributed by atoms with E-state index in [-0.39, 0.29) is 29.6 Å². The molecule has 3 rings (SSSR count). The molecule has 6 heteroatoms. The van der Waals surface area contributed by atoms with Crippen molar-refractivity contribution in [3.05, 3.63) is 29.8 Å². The lowest BCUT2D eigenvalue weighted by atomic mass is 10.00. The van der Waals surface area contributed by atoms with Gasteiger partial charge in [-0.25, -0.2) is 0 Å². The van der Waals surface area contributed by atoms with Crippen molar-refractivity contribution in [1.82, 2.24) is 10.2 Å². The van der Waals surface area contributed by atoms with E-state index in [1.807, 2.05) is 12.1 Å². The maximum Gasteiger partial charge on any atom is 0.251 e. The van der Waals surface area contributed by atoms with Gasteiger partial charge < -0.3 is 15.0 Å². The van der Waals surface area contributed by atoms with Crippen LogP contribution in [0.25, 0.3) is 0 Å². The fourth-order valence-corrected chi connectivity index (χ4v) is 3.90. The number of morpholine rings is 1. The lowest BCUT2D eigenvalue weighted by Gasteiger charge is -2.45. The molecular formula is C21H31N3O3. The molecule has 0 bridgehead atoms. The van der Waals surface area contributed by atoms with E-state index in [4.69, 9.17) is 4.74 Å². The van der Waals surface area contributed by atoms with Crippen molar-refractivity contribution in [2.45, 2.75) is 58.3 Å². The maximum atomic E-state index is 12.6. The first-order valence-corrected chi connectivity index (χ1v) is 9.85. The van der Waals surface area contributed by atoms with Crippen molar-refractivity contribution >= 4 is 17.5 Å². The fraction of sp³-hybridized carbons (Fsp3) is 0.619. The Balaban J connectivity index is 1.57. The zero-order valence-corrected chi connectivity index (χ0v) is 16.8. The second-order valence-corrected chi connectivity index (χ2v) is 8.35. The van der Waals surface area contributed by atoms with Gasteiger partial charge in [0, 0.05) is 49.4 Å². The highest BCUT2D eigenvalue weighted by atomic mass is 16.5. The highest BCUT2D eigenvalue weighted by Crippen LogP contribution is 2.23. The lowest BCUT2D eigenvalue weighted by molar-refractivity contribution is -0.117. The molecule has 0 spiro atoms. The molecule has 2 aliphatic heterocycles. The minimum absolute atomic E-state index is 0.0864. The van der Waals surface area contributed by atoms with Crippen molar-refractivity contribution in [2.75, 3.05) is 31.1 Å². The van der Waals surface area contributed by atoms with E-state index in [2.05, 4.69) is 37.9 Å². The van der Waals surface area contributed by atoms with E-state index in [1.165, 1.54) is 0 Å². The Hall–Kier alpha value is -1.92. The Morgan fingerprint density at radius 3 is 2.37 bits per heavy atom. The maximum absolute atomic E-state index is 12.6. The Bertz CT molecular complexity index is 676. The lowest BCUT2D eigenvalue weighted by Crippen LogP contribution is -2.58. The number of hydrogen-bond acceptors (Lipinski definition) is 4. The van der Waals surface area contributed by atoms with Gasteiger partial charge in [-0.1, -0.05) is 0 Å². The summed E-state index contributed by atoms with van der Waals surface area (Å²) in [7, 11) is 0. The van der Waals surface area contributed by atoms with Crippen LogP contribution in [0.3, 0.4) is 0 Å². The average molecular weight is 373 g/mol. The van der Waals surface area contributed by atoms with E-state index >= 15 is 0 Å². The van der Waals surface area contributed by atoms with Crippen molar-refractivity contribution in [3.63, 3.8) is 0 Å². The SMILES string of the molecule is CC1CN(C(C)(C)CNC(=O)c2ccc(N3CCCC3=O)cc2)CC(C)O1. The molecule has 1 aromatic rings. The molecule has 2 aliphatic rings. The Labute approximate surface area is 161 Å². The number of nitrogens with zero attached hydrogens (tertiary/aromatic N) is 2. The number of benzene rings is 1. The van der Waals surface area contributed by atoms with Gasteiger partial charge >= 0.3 is 0 Å². The molecule has 0 radical (unpaired) electrons. The third kappa shape index (κ3) is 4.68. The van der Waals surface area contributed by atoms with Crippen LogP contribution in [-0.2, 0) is 9.53 Å². The summed E-state index contributed by atoms with van der Waals surface area (Å²) in [5.74, 6) is 0.0691. The van der Waals surface area contributed by atoms with E-state index in [9.17, 15) is 9.59 Å². The van der Waals surface area contributed by atoms with E-state index < -0.39 is 0 Å². The second kappa shape index (κ2) is 7.98. The number of amides is 2. The normalized spacial score (nSPS) is 24.3. The molecule has 2 amide bonds. The van der Waals surface area contributed by atoms with Crippen LogP contribution in [0.2, 0.25) is 0 Å². The first-order chi connectivity index (χ1) is 12.8. The molecule has 6 nitrogen and oxygen atoms in total. The first-order valence-electron chi connectivity index (χ1n) is 9.85. The number of carbonyl (C=O) groups is 2. The Morgan fingerprint density at radius 2 is 1.81 bits per heavy atom. The Kier molecular flexibility index (Phi) is 5.86. The van der Waals surface area contributed by atoms with Crippen LogP contribution in [0.5, 0.6) is 0 Å². The van der Waals surface area contributed by atoms with Crippen molar-refractivity contribution in [3.8, 4) is 0 Å². The highest BCUT2D eigenvalue weighted by molar-refractivity contribution is 5.97. The number of carbonyl (C=O) groups excluding carboxylic acids is 2. The monoisotopic (exact) mass is 373 g/mol. The van der Waals surface area contributed by atoms with Crippen molar-refractivity contribution in [2.24, 2.45) is 0 Å². The molecule has 0 saturated carbocycles. The van der Waals surface area contributed by atoms with Gasteiger partial charge in [-0.05, 0) is 58.4 Å². The summed E-state index contributed by atoms with van der Waals surface area (Å²) in [5.41, 5.74) is 1.33. The summed E-state index contributed by atoms with van der Waals surface area (Å²) >= 11 is 0. The largest absolute Gasteiger partial charge is 0.373 e. The summed E-state index contributed by atoms with van der Waals surface area (Å²) in [5, 5.41) is 3.06. The molecule has 27 heavy (non-hydrogen) atoms. The highest BCUT2D eigenvalue weighted by Gasteiger charge is 2.33. The zero-order chi connectivity index (χ0) is 19.6. The van der Waals surface area contributed by atoms with Crippen LogP contribution < -0.4 is 10.2 Å². The van der Waals surface area contributed by atoms with Gasteiger partial charge in [0.2, 0.25) is 5.91 Å². The molecule has 1 N–H and O–H groups in total. The predicted octanol–water partition coefficient (Wildman–Crippen LogP) is 2.43. The van der Waals surface area contributed by atoms with Crippen LogP contribution >= 0.6 is 0 Å². The van der Waals surface area contributed by atoms with E-state index in [0.29, 0.717) is 18.5 Å². The molecule has 2 atom stereocenters. The fourth-order valence-electron chi connectivity index (χ4n) is 3.90. The second-order valence-electron chi connectivity index (χ2n) is 8.35. The third-order valence-corrected chi connectivity index (χ3v) is 5.47. The van der Waals surface area contributed by atoms with Gasteiger partial charge in [0.25, 0.3) is 5.91 Å². The average Bonchev–Trinajstić information content (AvgIpc) is 3.05. The van der Waals surface area contributed by atoms with Crippen LogP contribution in [0.15, 0.2) is 24.3 Å². The van der Waals surface area contributed by atoms with E-state index in [1.54, 1.807) is 17.0 Å². The number of hydrogen-bond donors (Lipinski definition) is 1. The molecule has 2 heterocycles. The standard InChI is InChI=1S/C21H31N3O3/c1-15-12-23(13-16(2)27-15)21(3,4)14-22-20(26)17-7-9-18(10-8-17)24-11-5-6-19(24)25/h7-10,15-16H,5-6,11-14H2,1-4H3,(H,22,26). The van der Waals surface area contributed by atoms with Gasteiger partial charge in [-0.2, -0.15) is 0 Å². The summed E-state index contributed by atoms with van der Waals surface area (Å²) in [6.07, 6.45) is 1.90. The Morgan fingerprint density at radius 1 is 1.19 bits per heavy atom. The van der Waals surface area contributed by atoms with Gasteiger partial charge in [-0.15, -0.1) is 0 Å². The third-order valence-electron chi connectivity index (χ3n) is 5.47. The van der Waals surface area contributed by atoms with Crippen LogP contribution in [0, 0.1) is 0 Å². The minimum Gasteiger partial charge on any atom is -0.373 e. The molecule has 1 aromatic carbocycles. The quantitative estimate of drug-likeness (QED) is 0.861. The number of ether oxygens (including phenoxy) is 1. The summed E-state index contributed by atoms with van der Waals surface area (Å²) in [6.45, 7) is 11.5. The number of anilines is 1. The molecule has 2 unspecified atom stereocenters. The smallest absolute Gasteiger partial charge is 0.251 e. The van der Waals surface area contributed by atoms with Gasteiger partial charge in [0.15, 0.2) is 0 Å². The molecule has 2 fully saturated rings. The van der Waals surface area contributed by atoms with E-state index in [0.717, 1.165) is 31.7 Å². The van der Waals surface area contributed by atoms with Crippen LogP contribution in [0.4, 0.5) is 5.69 Å². The van der Waals surface area contributed by atoms with Crippen molar-refractivity contribution < 1.29 is 14.3 Å². The molecule has 2 saturated heterocycles. The van der Waals surface area contributed by atoms with Crippen molar-refractivity contribution in [1.29, 1.82) is 0 Å². The van der Waals surface area contributed by atoms with Gasteiger partial charge in [0.1, 0.15) is 0 Å². The number of nitrogens with one attached hydrogen (secondary N) is 1. The molecule has 148 valence electrons. The summed E-state index contributed by atoms with van der Waals surface area (Å²) in [6, 6.07) is 7.30. The topological polar surface area (TPSA) is 61.9 Å². The molecule has 0 aliphatic carbocycles. The predicted molar refractivity (Wildman–Crippen MR) is 106 cm³/mol. The summed E-state index contributed by atoms with van der Waals surface area (Å²) < 4.78 is 5.81. The van der Waals surface area contributed by atoms with Crippen LogP contribution in [-0.4, -0.2) is 60.6 Å². The molecule has 0 aromatic heterocycles. The van der Waals surface area contributed by atoms with Crippen LogP contribution in [0.1, 0.15) is 50.9 Å². The van der Waals surface area contributed by atoms with Gasteiger partial charge in [0.05, 0.1) is 12.2 Å². The molecular weight excluding hydrogens is 342 g/mol. The van der Waals surface area contributed by atoms with Gasteiger partial charge in [-0.3, -0.25) is 14.5 Å². The zero-order valence-electron chi connectivity index (χ0n) is 16.8. The summed E-state index contributed by atoms with van der Waals surface area (Å²) in [4.78, 5) is 28.6. The number of rotatable bonds is 5. The minimum atomic E-state index is -0.149.